The number of carbonyl (C=O) groups is 2. The number of benzene rings is 2. The van der Waals surface area contributed by atoms with Gasteiger partial charge in [-0.05, 0) is 23.3 Å². The van der Waals surface area contributed by atoms with Crippen LogP contribution in [0, 0.1) is 5.92 Å². The van der Waals surface area contributed by atoms with Crippen molar-refractivity contribution >= 4 is 11.8 Å². The second kappa shape index (κ2) is 9.04. The van der Waals surface area contributed by atoms with Crippen molar-refractivity contribution in [2.45, 2.75) is 26.4 Å². The molecule has 0 radical (unpaired) electrons. The summed E-state index contributed by atoms with van der Waals surface area (Å²) in [6, 6.07) is 16.2. The number of nitrogens with zero attached hydrogens (tertiary/aromatic N) is 1. The minimum Gasteiger partial charge on any atom is -0.497 e. The smallest absolute Gasteiger partial charge is 0.247 e. The zero-order valence-corrected chi connectivity index (χ0v) is 15.7. The monoisotopic (exact) mass is 354 g/mol. The van der Waals surface area contributed by atoms with Gasteiger partial charge in [-0.2, -0.15) is 0 Å². The lowest BCUT2D eigenvalue weighted by atomic mass is 10.0. The first-order valence-corrected chi connectivity index (χ1v) is 8.67. The Bertz CT molecular complexity index is 727. The number of amides is 2. The average molecular weight is 354 g/mol. The molecule has 0 bridgehead atoms. The Balaban J connectivity index is 2.42. The number of methoxy groups -OCH3 is 1. The van der Waals surface area contributed by atoms with Crippen molar-refractivity contribution in [3.05, 3.63) is 65.7 Å². The van der Waals surface area contributed by atoms with E-state index in [9.17, 15) is 9.59 Å². The number of hydrogen-bond acceptors (Lipinski definition) is 3. The molecule has 2 amide bonds. The van der Waals surface area contributed by atoms with Crippen LogP contribution in [-0.2, 0) is 16.1 Å². The molecule has 26 heavy (non-hydrogen) atoms. The predicted octanol–water partition coefficient (Wildman–Crippen LogP) is 3.17. The number of carbonyl (C=O) groups excluding carboxylic acids is 2. The second-order valence-electron chi connectivity index (χ2n) is 6.40. The highest BCUT2D eigenvalue weighted by molar-refractivity contribution is 5.89. The first-order valence-electron chi connectivity index (χ1n) is 8.67. The molecule has 0 spiro atoms. The van der Waals surface area contributed by atoms with Crippen molar-refractivity contribution in [2.75, 3.05) is 14.2 Å². The molecule has 1 atom stereocenters. The number of hydrogen-bond donors (Lipinski definition) is 1. The van der Waals surface area contributed by atoms with E-state index in [1.165, 1.54) is 0 Å². The minimum atomic E-state index is -0.682. The fourth-order valence-electron chi connectivity index (χ4n) is 2.80. The molecule has 0 aliphatic heterocycles. The van der Waals surface area contributed by atoms with Crippen LogP contribution in [0.3, 0.4) is 0 Å². The van der Waals surface area contributed by atoms with E-state index in [-0.39, 0.29) is 17.7 Å². The minimum absolute atomic E-state index is 0.0710. The van der Waals surface area contributed by atoms with Gasteiger partial charge in [0.2, 0.25) is 11.8 Å². The van der Waals surface area contributed by atoms with Gasteiger partial charge in [-0.25, -0.2) is 0 Å². The van der Waals surface area contributed by atoms with Crippen molar-refractivity contribution in [1.29, 1.82) is 0 Å². The van der Waals surface area contributed by atoms with Gasteiger partial charge in [-0.1, -0.05) is 56.3 Å². The Kier molecular flexibility index (Phi) is 6.78. The zero-order valence-electron chi connectivity index (χ0n) is 15.7. The Morgan fingerprint density at radius 2 is 1.65 bits per heavy atom. The quantitative estimate of drug-likeness (QED) is 0.831. The van der Waals surface area contributed by atoms with Crippen molar-refractivity contribution in [2.24, 2.45) is 5.92 Å². The fourth-order valence-corrected chi connectivity index (χ4v) is 2.80. The molecule has 0 aromatic heterocycles. The van der Waals surface area contributed by atoms with Crippen molar-refractivity contribution < 1.29 is 14.3 Å². The molecular weight excluding hydrogens is 328 g/mol. The lowest BCUT2D eigenvalue weighted by Gasteiger charge is -2.32. The van der Waals surface area contributed by atoms with Crippen LogP contribution in [0.5, 0.6) is 5.75 Å². The van der Waals surface area contributed by atoms with Gasteiger partial charge >= 0.3 is 0 Å². The molecule has 0 fully saturated rings. The van der Waals surface area contributed by atoms with Gasteiger partial charge in [0.1, 0.15) is 11.8 Å². The second-order valence-corrected chi connectivity index (χ2v) is 6.40. The van der Waals surface area contributed by atoms with E-state index in [1.54, 1.807) is 19.1 Å². The standard InChI is InChI=1S/C21H26N2O3/c1-15(2)21(25)23(14-16-10-12-18(26-4)13-11-16)19(20(24)22-3)17-8-6-5-7-9-17/h5-13,15,19H,14H2,1-4H3,(H,22,24)/t19-/m0/s1. The summed E-state index contributed by atoms with van der Waals surface area (Å²) in [6.07, 6.45) is 0. The largest absolute Gasteiger partial charge is 0.497 e. The van der Waals surface area contributed by atoms with Gasteiger partial charge in [0.15, 0.2) is 0 Å². The van der Waals surface area contributed by atoms with Crippen LogP contribution in [0.25, 0.3) is 0 Å². The molecule has 1 N–H and O–H groups in total. The molecule has 0 unspecified atom stereocenters. The fraction of sp³-hybridized carbons (Fsp3) is 0.333. The Hall–Kier alpha value is -2.82. The van der Waals surface area contributed by atoms with Gasteiger partial charge in [0.05, 0.1) is 7.11 Å². The maximum atomic E-state index is 12.9. The predicted molar refractivity (Wildman–Crippen MR) is 102 cm³/mol. The molecule has 5 nitrogen and oxygen atoms in total. The number of ether oxygens (including phenoxy) is 1. The van der Waals surface area contributed by atoms with Crippen LogP contribution in [0.1, 0.15) is 31.0 Å². The zero-order chi connectivity index (χ0) is 19.1. The first-order chi connectivity index (χ1) is 12.5. The topological polar surface area (TPSA) is 58.6 Å². The van der Waals surface area contributed by atoms with E-state index in [0.29, 0.717) is 6.54 Å². The molecule has 2 aromatic rings. The van der Waals surface area contributed by atoms with Crippen LogP contribution >= 0.6 is 0 Å². The maximum absolute atomic E-state index is 12.9. The van der Waals surface area contributed by atoms with Gasteiger partial charge < -0.3 is 15.0 Å². The molecular formula is C21H26N2O3. The normalized spacial score (nSPS) is 11.7. The van der Waals surface area contributed by atoms with E-state index in [2.05, 4.69) is 5.32 Å². The summed E-state index contributed by atoms with van der Waals surface area (Å²) in [5.41, 5.74) is 1.72. The van der Waals surface area contributed by atoms with Crippen molar-refractivity contribution in [3.8, 4) is 5.75 Å². The molecule has 5 heteroatoms. The number of nitrogens with one attached hydrogen (secondary N) is 1. The first kappa shape index (κ1) is 19.5. The van der Waals surface area contributed by atoms with E-state index < -0.39 is 6.04 Å². The van der Waals surface area contributed by atoms with E-state index in [0.717, 1.165) is 16.9 Å². The summed E-state index contributed by atoms with van der Waals surface area (Å²) in [6.45, 7) is 4.03. The summed E-state index contributed by atoms with van der Waals surface area (Å²) in [4.78, 5) is 27.2. The molecule has 0 saturated heterocycles. The highest BCUT2D eigenvalue weighted by Gasteiger charge is 2.31. The van der Waals surface area contributed by atoms with Gasteiger partial charge in [-0.15, -0.1) is 0 Å². The third kappa shape index (κ3) is 4.63. The Morgan fingerprint density at radius 1 is 1.04 bits per heavy atom. The van der Waals surface area contributed by atoms with Crippen molar-refractivity contribution in [3.63, 3.8) is 0 Å². The molecule has 0 saturated carbocycles. The van der Waals surface area contributed by atoms with Crippen LogP contribution in [0.2, 0.25) is 0 Å². The Morgan fingerprint density at radius 3 is 2.15 bits per heavy atom. The van der Waals surface area contributed by atoms with E-state index >= 15 is 0 Å². The molecule has 0 heterocycles. The van der Waals surface area contributed by atoms with Crippen molar-refractivity contribution in [1.82, 2.24) is 10.2 Å². The van der Waals surface area contributed by atoms with Crippen LogP contribution in [-0.4, -0.2) is 30.9 Å². The third-order valence-electron chi connectivity index (χ3n) is 4.21. The summed E-state index contributed by atoms with van der Waals surface area (Å²) < 4.78 is 5.19. The molecule has 0 aliphatic rings. The number of likely N-dealkylation sites (N-methyl/N-ethyl adjacent to an activating group) is 1. The third-order valence-corrected chi connectivity index (χ3v) is 4.21. The summed E-state index contributed by atoms with van der Waals surface area (Å²) in [5, 5.41) is 2.69. The molecule has 2 aromatic carbocycles. The maximum Gasteiger partial charge on any atom is 0.247 e. The molecule has 2 rings (SSSR count). The van der Waals surface area contributed by atoms with Gasteiger partial charge in [0.25, 0.3) is 0 Å². The highest BCUT2D eigenvalue weighted by atomic mass is 16.5. The van der Waals surface area contributed by atoms with E-state index in [1.807, 2.05) is 68.4 Å². The van der Waals surface area contributed by atoms with Gasteiger partial charge in [0, 0.05) is 19.5 Å². The highest BCUT2D eigenvalue weighted by Crippen LogP contribution is 2.26. The summed E-state index contributed by atoms with van der Waals surface area (Å²) in [5.74, 6) is 0.252. The summed E-state index contributed by atoms with van der Waals surface area (Å²) in [7, 11) is 3.20. The SMILES string of the molecule is CNC(=O)[C@H](c1ccccc1)N(Cc1ccc(OC)cc1)C(=O)C(C)C. The molecule has 0 aliphatic carbocycles. The number of rotatable bonds is 7. The summed E-state index contributed by atoms with van der Waals surface area (Å²) >= 11 is 0. The van der Waals surface area contributed by atoms with Crippen LogP contribution < -0.4 is 10.1 Å². The van der Waals surface area contributed by atoms with E-state index in [4.69, 9.17) is 4.74 Å². The Labute approximate surface area is 155 Å². The van der Waals surface area contributed by atoms with Crippen LogP contribution in [0.15, 0.2) is 54.6 Å². The lowest BCUT2D eigenvalue weighted by molar-refractivity contribution is -0.143. The molecule has 138 valence electrons. The van der Waals surface area contributed by atoms with Gasteiger partial charge in [-0.3, -0.25) is 9.59 Å². The van der Waals surface area contributed by atoms with Crippen LogP contribution in [0.4, 0.5) is 0 Å². The lowest BCUT2D eigenvalue weighted by Crippen LogP contribution is -2.44. The average Bonchev–Trinajstić information content (AvgIpc) is 2.67.